The highest BCUT2D eigenvalue weighted by atomic mass is 32.1. The predicted molar refractivity (Wildman–Crippen MR) is 102 cm³/mol. The summed E-state index contributed by atoms with van der Waals surface area (Å²) in [6, 6.07) is 3.63. The van der Waals surface area contributed by atoms with Crippen molar-refractivity contribution in [1.82, 2.24) is 15.6 Å². The minimum absolute atomic E-state index is 0.00550. The Hall–Kier alpha value is -2.43. The summed E-state index contributed by atoms with van der Waals surface area (Å²) < 4.78 is 65.9. The van der Waals surface area contributed by atoms with Gasteiger partial charge in [-0.3, -0.25) is 0 Å². The monoisotopic (exact) mass is 433 g/mol. The molecule has 3 rings (SSSR count). The van der Waals surface area contributed by atoms with Crippen molar-refractivity contribution in [3.63, 3.8) is 0 Å². The molecule has 1 aliphatic heterocycles. The second kappa shape index (κ2) is 8.93. The van der Waals surface area contributed by atoms with Crippen molar-refractivity contribution in [3.8, 4) is 0 Å². The Morgan fingerprint density at radius 2 is 2.03 bits per heavy atom. The number of rotatable bonds is 5. The van der Waals surface area contributed by atoms with Gasteiger partial charge in [-0.15, -0.1) is 11.3 Å². The van der Waals surface area contributed by atoms with E-state index in [1.807, 2.05) is 6.92 Å². The van der Waals surface area contributed by atoms with Crippen LogP contribution in [0.2, 0.25) is 0 Å². The van der Waals surface area contributed by atoms with Gasteiger partial charge >= 0.3 is 6.18 Å². The van der Waals surface area contributed by atoms with Crippen molar-refractivity contribution in [2.24, 2.45) is 4.99 Å². The quantitative estimate of drug-likeness (QED) is 0.428. The third-order valence-corrected chi connectivity index (χ3v) is 5.18. The number of nitrogens with zero attached hydrogens (tertiary/aromatic N) is 3. The summed E-state index contributed by atoms with van der Waals surface area (Å²) in [4.78, 5) is 9.47. The first kappa shape index (κ1) is 21.3. The standard InChI is InChI=1S/C18H20F5N5S/c1-2-24-17(25-8-15-27-14(10-29-15)18(21,22)23)26-11-6-7-28(9-11)16-12(19)4-3-5-13(16)20/h3-5,10-11H,2,6-9H2,1H3,(H2,24,25,26). The third-order valence-electron chi connectivity index (χ3n) is 4.34. The lowest BCUT2D eigenvalue weighted by molar-refractivity contribution is -0.140. The van der Waals surface area contributed by atoms with E-state index < -0.39 is 23.5 Å². The van der Waals surface area contributed by atoms with Crippen LogP contribution in [0, 0.1) is 11.6 Å². The Labute approximate surface area is 168 Å². The van der Waals surface area contributed by atoms with Crippen molar-refractivity contribution in [3.05, 3.63) is 45.9 Å². The molecule has 1 aromatic heterocycles. The van der Waals surface area contributed by atoms with Gasteiger partial charge in [0.15, 0.2) is 11.7 Å². The summed E-state index contributed by atoms with van der Waals surface area (Å²) >= 11 is 0.895. The molecule has 1 fully saturated rings. The first-order valence-corrected chi connectivity index (χ1v) is 9.91. The number of thiazole rings is 1. The fraction of sp³-hybridized carbons (Fsp3) is 0.444. The van der Waals surface area contributed by atoms with Gasteiger partial charge in [0.25, 0.3) is 0 Å². The van der Waals surface area contributed by atoms with E-state index in [1.165, 1.54) is 18.2 Å². The van der Waals surface area contributed by atoms with Gasteiger partial charge in [0.2, 0.25) is 0 Å². The predicted octanol–water partition coefficient (Wildman–Crippen LogP) is 3.77. The Morgan fingerprint density at radius 1 is 1.31 bits per heavy atom. The molecule has 1 saturated heterocycles. The number of anilines is 1. The van der Waals surface area contributed by atoms with Crippen LogP contribution in [-0.2, 0) is 12.7 Å². The van der Waals surface area contributed by atoms with E-state index in [2.05, 4.69) is 20.6 Å². The normalized spacial score (nSPS) is 17.7. The Kier molecular flexibility index (Phi) is 6.56. The molecule has 0 spiro atoms. The molecule has 1 atom stereocenters. The highest BCUT2D eigenvalue weighted by Crippen LogP contribution is 2.30. The van der Waals surface area contributed by atoms with Gasteiger partial charge < -0.3 is 15.5 Å². The van der Waals surface area contributed by atoms with Gasteiger partial charge in [-0.2, -0.15) is 13.2 Å². The largest absolute Gasteiger partial charge is 0.434 e. The van der Waals surface area contributed by atoms with Gasteiger partial charge in [-0.25, -0.2) is 18.8 Å². The summed E-state index contributed by atoms with van der Waals surface area (Å²) in [5, 5.41) is 7.40. The summed E-state index contributed by atoms with van der Waals surface area (Å²) in [7, 11) is 0. The van der Waals surface area contributed by atoms with Gasteiger partial charge in [0.05, 0.1) is 6.54 Å². The number of para-hydroxylation sites is 1. The number of alkyl halides is 3. The topological polar surface area (TPSA) is 52.6 Å². The number of hydrogen-bond acceptors (Lipinski definition) is 4. The summed E-state index contributed by atoms with van der Waals surface area (Å²) in [6.45, 7) is 3.25. The Balaban J connectivity index is 1.63. The lowest BCUT2D eigenvalue weighted by atomic mass is 10.2. The summed E-state index contributed by atoms with van der Waals surface area (Å²) in [5.41, 5.74) is -0.981. The van der Waals surface area contributed by atoms with Crippen LogP contribution in [0.4, 0.5) is 27.6 Å². The van der Waals surface area contributed by atoms with Crippen LogP contribution < -0.4 is 15.5 Å². The molecule has 0 bridgehead atoms. The van der Waals surface area contributed by atoms with Crippen molar-refractivity contribution in [1.29, 1.82) is 0 Å². The van der Waals surface area contributed by atoms with Gasteiger partial charge in [-0.05, 0) is 25.5 Å². The molecule has 0 amide bonds. The maximum Gasteiger partial charge on any atom is 0.434 e. The third kappa shape index (κ3) is 5.34. The van der Waals surface area contributed by atoms with E-state index in [0.29, 0.717) is 32.0 Å². The molecule has 5 nitrogen and oxygen atoms in total. The minimum Gasteiger partial charge on any atom is -0.365 e. The van der Waals surface area contributed by atoms with Crippen molar-refractivity contribution >= 4 is 23.0 Å². The SMILES string of the molecule is CCNC(=NCc1nc(C(F)(F)F)cs1)NC1CCN(c2c(F)cccc2F)C1. The van der Waals surface area contributed by atoms with Gasteiger partial charge in [0.1, 0.15) is 22.3 Å². The molecule has 0 saturated carbocycles. The van der Waals surface area contributed by atoms with E-state index in [9.17, 15) is 22.0 Å². The molecule has 1 unspecified atom stereocenters. The molecule has 29 heavy (non-hydrogen) atoms. The van der Waals surface area contributed by atoms with Crippen LogP contribution in [0.15, 0.2) is 28.6 Å². The highest BCUT2D eigenvalue weighted by Gasteiger charge is 2.33. The summed E-state index contributed by atoms with van der Waals surface area (Å²) in [6.07, 6.45) is -3.84. The van der Waals surface area contributed by atoms with E-state index in [1.54, 1.807) is 4.90 Å². The molecule has 0 aliphatic carbocycles. The van der Waals surface area contributed by atoms with E-state index in [4.69, 9.17) is 0 Å². The van der Waals surface area contributed by atoms with E-state index in [-0.39, 0.29) is 23.3 Å². The maximum atomic E-state index is 14.0. The number of aromatic nitrogens is 1. The van der Waals surface area contributed by atoms with Crippen molar-refractivity contribution in [2.75, 3.05) is 24.5 Å². The maximum absolute atomic E-state index is 14.0. The van der Waals surface area contributed by atoms with Gasteiger partial charge in [-0.1, -0.05) is 6.07 Å². The van der Waals surface area contributed by atoms with Crippen LogP contribution in [-0.4, -0.2) is 36.6 Å². The first-order valence-electron chi connectivity index (χ1n) is 9.03. The van der Waals surface area contributed by atoms with Crippen LogP contribution in [0.3, 0.4) is 0 Å². The molecule has 2 N–H and O–H groups in total. The minimum atomic E-state index is -4.48. The number of hydrogen-bond donors (Lipinski definition) is 2. The first-order chi connectivity index (χ1) is 13.8. The van der Waals surface area contributed by atoms with E-state index in [0.717, 1.165) is 16.7 Å². The van der Waals surface area contributed by atoms with Crippen LogP contribution in [0.25, 0.3) is 0 Å². The second-order valence-corrected chi connectivity index (χ2v) is 7.41. The molecule has 158 valence electrons. The number of aliphatic imine (C=N–C) groups is 1. The molecular weight excluding hydrogens is 413 g/mol. The number of halogens is 5. The number of benzene rings is 1. The Morgan fingerprint density at radius 3 is 2.66 bits per heavy atom. The summed E-state index contributed by atoms with van der Waals surface area (Å²) in [5.74, 6) is -0.817. The van der Waals surface area contributed by atoms with Crippen molar-refractivity contribution < 1.29 is 22.0 Å². The molecule has 2 aromatic rings. The lowest BCUT2D eigenvalue weighted by Crippen LogP contribution is -2.44. The average molecular weight is 433 g/mol. The molecule has 0 radical (unpaired) electrons. The lowest BCUT2D eigenvalue weighted by Gasteiger charge is -2.21. The average Bonchev–Trinajstić information content (AvgIpc) is 3.29. The molecule has 1 aliphatic rings. The molecule has 2 heterocycles. The number of nitrogens with one attached hydrogen (secondary N) is 2. The fourth-order valence-corrected chi connectivity index (χ4v) is 3.77. The van der Waals surface area contributed by atoms with Crippen LogP contribution >= 0.6 is 11.3 Å². The second-order valence-electron chi connectivity index (χ2n) is 6.47. The zero-order chi connectivity index (χ0) is 21.0. The van der Waals surface area contributed by atoms with Crippen molar-refractivity contribution in [2.45, 2.75) is 32.1 Å². The molecule has 1 aromatic carbocycles. The highest BCUT2D eigenvalue weighted by molar-refractivity contribution is 7.09. The van der Waals surface area contributed by atoms with Crippen LogP contribution in [0.1, 0.15) is 24.0 Å². The van der Waals surface area contributed by atoms with Gasteiger partial charge in [0, 0.05) is 31.1 Å². The molecule has 11 heteroatoms. The number of guanidine groups is 1. The zero-order valence-corrected chi connectivity index (χ0v) is 16.4. The molecular formula is C18H20F5N5S. The fourth-order valence-electron chi connectivity index (χ4n) is 3.05. The Bertz CT molecular complexity index is 846. The van der Waals surface area contributed by atoms with E-state index >= 15 is 0 Å². The smallest absolute Gasteiger partial charge is 0.365 e. The van der Waals surface area contributed by atoms with Crippen LogP contribution in [0.5, 0.6) is 0 Å². The zero-order valence-electron chi connectivity index (χ0n) is 15.6.